The molecule has 0 N–H and O–H groups in total. The Bertz CT molecular complexity index is 746. The first-order chi connectivity index (χ1) is 9.27. The largest absolute Gasteiger partial charge is 0.453 e. The van der Waals surface area contributed by atoms with Gasteiger partial charge in [0.25, 0.3) is 9.05 Å². The highest BCUT2D eigenvalue weighted by atomic mass is 35.7. The van der Waals surface area contributed by atoms with Gasteiger partial charge in [-0.3, -0.25) is 0 Å². The van der Waals surface area contributed by atoms with Crippen LogP contribution in [0.5, 0.6) is 11.5 Å². The van der Waals surface area contributed by atoms with Gasteiger partial charge in [-0.15, -0.1) is 0 Å². The highest BCUT2D eigenvalue weighted by molar-refractivity contribution is 8.13. The fourth-order valence-corrected chi connectivity index (χ4v) is 2.52. The van der Waals surface area contributed by atoms with E-state index in [1.807, 2.05) is 0 Å². The summed E-state index contributed by atoms with van der Waals surface area (Å²) in [5.74, 6) is -2.81. The Labute approximate surface area is 123 Å². The fourth-order valence-electron chi connectivity index (χ4n) is 1.44. The molecule has 2 rings (SSSR count). The van der Waals surface area contributed by atoms with Crippen molar-refractivity contribution >= 4 is 31.3 Å². The number of hydrogen-bond acceptors (Lipinski definition) is 3. The van der Waals surface area contributed by atoms with Gasteiger partial charge in [0.1, 0.15) is 16.5 Å². The average Bonchev–Trinajstić information content (AvgIpc) is 2.33. The standard InChI is InChI=1S/C12H6Cl2F2O3S/c13-7-1-3-9(4-2-7)19-12-10(16)5-8(15)6-11(12)20(14,17)18/h1-6H. The van der Waals surface area contributed by atoms with Gasteiger partial charge >= 0.3 is 0 Å². The molecular formula is C12H6Cl2F2O3S. The lowest BCUT2D eigenvalue weighted by molar-refractivity contribution is 0.423. The van der Waals surface area contributed by atoms with Crippen LogP contribution in [0, 0.1) is 11.6 Å². The summed E-state index contributed by atoms with van der Waals surface area (Å²) in [6.45, 7) is 0. The van der Waals surface area contributed by atoms with Crippen LogP contribution < -0.4 is 4.74 Å². The first kappa shape index (κ1) is 15.0. The molecule has 0 unspecified atom stereocenters. The molecular weight excluding hydrogens is 333 g/mol. The van der Waals surface area contributed by atoms with Gasteiger partial charge in [-0.1, -0.05) is 11.6 Å². The van der Waals surface area contributed by atoms with Gasteiger partial charge in [0.2, 0.25) is 0 Å². The zero-order valence-corrected chi connectivity index (χ0v) is 11.9. The third kappa shape index (κ3) is 3.39. The van der Waals surface area contributed by atoms with Crippen LogP contribution in [0.15, 0.2) is 41.3 Å². The predicted octanol–water partition coefficient (Wildman–Crippen LogP) is 4.34. The molecule has 2 aromatic rings. The molecule has 0 radical (unpaired) electrons. The molecule has 3 nitrogen and oxygen atoms in total. The minimum Gasteiger partial charge on any atom is -0.453 e. The van der Waals surface area contributed by atoms with Crippen molar-refractivity contribution in [3.8, 4) is 11.5 Å². The van der Waals surface area contributed by atoms with Crippen molar-refractivity contribution in [2.45, 2.75) is 4.90 Å². The van der Waals surface area contributed by atoms with E-state index >= 15 is 0 Å². The van der Waals surface area contributed by atoms with E-state index in [1.54, 1.807) is 0 Å². The summed E-state index contributed by atoms with van der Waals surface area (Å²) in [5, 5.41) is 0.419. The van der Waals surface area contributed by atoms with Crippen LogP contribution in [0.2, 0.25) is 5.02 Å². The lowest BCUT2D eigenvalue weighted by Crippen LogP contribution is -2.00. The maximum atomic E-state index is 13.7. The molecule has 0 aliphatic heterocycles. The molecule has 0 amide bonds. The number of benzene rings is 2. The Morgan fingerprint density at radius 1 is 1.05 bits per heavy atom. The number of ether oxygens (including phenoxy) is 1. The maximum absolute atomic E-state index is 13.7. The summed E-state index contributed by atoms with van der Waals surface area (Å²) in [7, 11) is 0.771. The Morgan fingerprint density at radius 2 is 1.65 bits per heavy atom. The molecule has 2 aromatic carbocycles. The molecule has 106 valence electrons. The summed E-state index contributed by atoms with van der Waals surface area (Å²) < 4.78 is 54.6. The Hall–Kier alpha value is -1.37. The SMILES string of the molecule is O=S(=O)(Cl)c1cc(F)cc(F)c1Oc1ccc(Cl)cc1. The Balaban J connectivity index is 2.53. The predicted molar refractivity (Wildman–Crippen MR) is 70.9 cm³/mol. The third-order valence-corrected chi connectivity index (χ3v) is 3.85. The lowest BCUT2D eigenvalue weighted by atomic mass is 10.3. The molecule has 0 saturated heterocycles. The second-order valence-corrected chi connectivity index (χ2v) is 6.68. The molecule has 0 aliphatic carbocycles. The monoisotopic (exact) mass is 338 g/mol. The molecule has 8 heteroatoms. The van der Waals surface area contributed by atoms with Crippen LogP contribution in [0.3, 0.4) is 0 Å². The second-order valence-electron chi connectivity index (χ2n) is 3.71. The van der Waals surface area contributed by atoms with Gasteiger partial charge in [-0.2, -0.15) is 0 Å². The van der Waals surface area contributed by atoms with Crippen molar-refractivity contribution in [1.29, 1.82) is 0 Å². The Kier molecular flexibility index (Phi) is 4.17. The molecule has 0 fully saturated rings. The van der Waals surface area contributed by atoms with Crippen LogP contribution in [-0.2, 0) is 9.05 Å². The molecule has 0 spiro atoms. The molecule has 0 atom stereocenters. The summed E-state index contributed by atoms with van der Waals surface area (Å²) in [6, 6.07) is 6.80. The van der Waals surface area contributed by atoms with Gasteiger partial charge in [0, 0.05) is 21.8 Å². The molecule has 0 bridgehead atoms. The summed E-state index contributed by atoms with van der Waals surface area (Å²) in [5.41, 5.74) is 0. The summed E-state index contributed by atoms with van der Waals surface area (Å²) >= 11 is 5.67. The van der Waals surface area contributed by atoms with Crippen molar-refractivity contribution in [2.75, 3.05) is 0 Å². The minimum absolute atomic E-state index is 0.126. The van der Waals surface area contributed by atoms with E-state index in [0.29, 0.717) is 17.2 Å². The van der Waals surface area contributed by atoms with Gasteiger partial charge in [-0.05, 0) is 30.3 Å². The smallest absolute Gasteiger partial charge is 0.265 e. The van der Waals surface area contributed by atoms with E-state index in [-0.39, 0.29) is 5.75 Å². The zero-order chi connectivity index (χ0) is 14.9. The molecule has 0 saturated carbocycles. The van der Waals surface area contributed by atoms with Crippen LogP contribution in [0.4, 0.5) is 8.78 Å². The molecule has 0 aromatic heterocycles. The van der Waals surface area contributed by atoms with Crippen molar-refractivity contribution in [1.82, 2.24) is 0 Å². The van der Waals surface area contributed by atoms with Crippen LogP contribution in [0.25, 0.3) is 0 Å². The molecule has 0 aliphatic rings. The Morgan fingerprint density at radius 3 is 2.20 bits per heavy atom. The van der Waals surface area contributed by atoms with Gasteiger partial charge in [0.05, 0.1) is 0 Å². The summed E-state index contributed by atoms with van der Waals surface area (Å²) in [4.78, 5) is -0.786. The number of rotatable bonds is 3. The molecule has 20 heavy (non-hydrogen) atoms. The topological polar surface area (TPSA) is 43.4 Å². The van der Waals surface area contributed by atoms with Crippen LogP contribution in [0.1, 0.15) is 0 Å². The van der Waals surface area contributed by atoms with Crippen molar-refractivity contribution in [3.63, 3.8) is 0 Å². The maximum Gasteiger partial charge on any atom is 0.265 e. The third-order valence-electron chi connectivity index (χ3n) is 2.27. The second kappa shape index (κ2) is 5.55. The van der Waals surface area contributed by atoms with Gasteiger partial charge in [-0.25, -0.2) is 17.2 Å². The van der Waals surface area contributed by atoms with E-state index in [0.717, 1.165) is 0 Å². The highest BCUT2D eigenvalue weighted by Gasteiger charge is 2.23. The first-order valence-electron chi connectivity index (χ1n) is 5.14. The van der Waals surface area contributed by atoms with Gasteiger partial charge in [0.15, 0.2) is 11.6 Å². The van der Waals surface area contributed by atoms with E-state index in [2.05, 4.69) is 0 Å². The zero-order valence-electron chi connectivity index (χ0n) is 9.61. The van der Waals surface area contributed by atoms with Crippen molar-refractivity contribution < 1.29 is 21.9 Å². The van der Waals surface area contributed by atoms with E-state index in [1.165, 1.54) is 24.3 Å². The first-order valence-corrected chi connectivity index (χ1v) is 7.83. The van der Waals surface area contributed by atoms with Crippen LogP contribution in [-0.4, -0.2) is 8.42 Å². The summed E-state index contributed by atoms with van der Waals surface area (Å²) in [6.07, 6.45) is 0. The van der Waals surface area contributed by atoms with E-state index in [9.17, 15) is 17.2 Å². The quantitative estimate of drug-likeness (QED) is 0.782. The van der Waals surface area contributed by atoms with E-state index in [4.69, 9.17) is 27.0 Å². The van der Waals surface area contributed by atoms with Crippen LogP contribution >= 0.6 is 22.3 Å². The fraction of sp³-hybridized carbons (Fsp3) is 0. The number of hydrogen-bond donors (Lipinski definition) is 0. The van der Waals surface area contributed by atoms with Crippen molar-refractivity contribution in [3.05, 3.63) is 53.1 Å². The highest BCUT2D eigenvalue weighted by Crippen LogP contribution is 2.34. The van der Waals surface area contributed by atoms with Gasteiger partial charge < -0.3 is 4.74 Å². The minimum atomic E-state index is -4.37. The molecule has 0 heterocycles. The van der Waals surface area contributed by atoms with Crippen molar-refractivity contribution in [2.24, 2.45) is 0 Å². The normalized spacial score (nSPS) is 11.4. The number of halogens is 4. The average molecular weight is 339 g/mol. The lowest BCUT2D eigenvalue weighted by Gasteiger charge is -2.10. The van der Waals surface area contributed by atoms with E-state index < -0.39 is 31.3 Å².